The van der Waals surface area contributed by atoms with Crippen molar-refractivity contribution in [3.8, 4) is 0 Å². The monoisotopic (exact) mass is 332 g/mol. The SMILES string of the molecule is CC(C)OC(=O)c1ccc(NC(=O)CN2C[C@H](C)C[C@H](C)C2)cc1. The maximum absolute atomic E-state index is 12.2. The highest BCUT2D eigenvalue weighted by Crippen LogP contribution is 2.20. The molecule has 2 atom stereocenters. The molecule has 1 amide bonds. The number of benzene rings is 1. The van der Waals surface area contributed by atoms with Crippen molar-refractivity contribution in [1.82, 2.24) is 4.90 Å². The van der Waals surface area contributed by atoms with Gasteiger partial charge in [0.2, 0.25) is 5.91 Å². The lowest BCUT2D eigenvalue weighted by Crippen LogP contribution is -2.42. The van der Waals surface area contributed by atoms with Crippen LogP contribution in [0.25, 0.3) is 0 Å². The Balaban J connectivity index is 1.86. The summed E-state index contributed by atoms with van der Waals surface area (Å²) in [5, 5.41) is 2.89. The number of rotatable bonds is 5. The van der Waals surface area contributed by atoms with Gasteiger partial charge in [0.1, 0.15) is 0 Å². The molecular weight excluding hydrogens is 304 g/mol. The lowest BCUT2D eigenvalue weighted by molar-refractivity contribution is -0.117. The molecule has 1 aliphatic rings. The van der Waals surface area contributed by atoms with E-state index in [4.69, 9.17) is 4.74 Å². The zero-order valence-electron chi connectivity index (χ0n) is 15.0. The second kappa shape index (κ2) is 8.29. The Bertz CT molecular complexity index is 558. The van der Waals surface area contributed by atoms with E-state index in [0.29, 0.717) is 29.6 Å². The Kier molecular flexibility index (Phi) is 6.37. The number of ether oxygens (including phenoxy) is 1. The molecule has 1 aliphatic heterocycles. The van der Waals surface area contributed by atoms with Crippen LogP contribution in [-0.2, 0) is 9.53 Å². The van der Waals surface area contributed by atoms with Crippen LogP contribution in [0.5, 0.6) is 0 Å². The second-order valence-corrected chi connectivity index (χ2v) is 7.22. The van der Waals surface area contributed by atoms with E-state index in [2.05, 4.69) is 24.1 Å². The third kappa shape index (κ3) is 5.64. The van der Waals surface area contributed by atoms with E-state index in [-0.39, 0.29) is 18.0 Å². The largest absolute Gasteiger partial charge is 0.459 e. The molecule has 132 valence electrons. The van der Waals surface area contributed by atoms with Crippen molar-refractivity contribution in [1.29, 1.82) is 0 Å². The van der Waals surface area contributed by atoms with E-state index in [1.165, 1.54) is 6.42 Å². The highest BCUT2D eigenvalue weighted by atomic mass is 16.5. The van der Waals surface area contributed by atoms with E-state index in [1.807, 2.05) is 13.8 Å². The van der Waals surface area contributed by atoms with Crippen LogP contribution >= 0.6 is 0 Å². The summed E-state index contributed by atoms with van der Waals surface area (Å²) in [6.07, 6.45) is 1.08. The first kappa shape index (κ1) is 18.5. The fraction of sp³-hybridized carbons (Fsp3) is 0.579. The lowest BCUT2D eigenvalue weighted by Gasteiger charge is -2.34. The first-order valence-electron chi connectivity index (χ1n) is 8.66. The van der Waals surface area contributed by atoms with Gasteiger partial charge in [-0.2, -0.15) is 0 Å². The molecule has 0 radical (unpaired) electrons. The predicted molar refractivity (Wildman–Crippen MR) is 95.0 cm³/mol. The van der Waals surface area contributed by atoms with Gasteiger partial charge in [-0.3, -0.25) is 9.69 Å². The zero-order chi connectivity index (χ0) is 17.7. The molecule has 5 nitrogen and oxygen atoms in total. The van der Waals surface area contributed by atoms with Crippen molar-refractivity contribution >= 4 is 17.6 Å². The highest BCUT2D eigenvalue weighted by Gasteiger charge is 2.23. The third-order valence-corrected chi connectivity index (χ3v) is 4.06. The molecule has 0 bridgehead atoms. The number of carbonyl (C=O) groups is 2. The standard InChI is InChI=1S/C19H28N2O3/c1-13(2)24-19(23)16-5-7-17(8-6-16)20-18(22)12-21-10-14(3)9-15(4)11-21/h5-8,13-15H,9-12H2,1-4H3,(H,20,22)/t14-,15+. The third-order valence-electron chi connectivity index (χ3n) is 4.06. The number of nitrogens with one attached hydrogen (secondary N) is 1. The summed E-state index contributed by atoms with van der Waals surface area (Å²) >= 11 is 0. The molecule has 0 aliphatic carbocycles. The van der Waals surface area contributed by atoms with E-state index in [1.54, 1.807) is 24.3 Å². The fourth-order valence-electron chi connectivity index (χ4n) is 3.30. The molecule has 2 rings (SSSR count). The Morgan fingerprint density at radius 1 is 1.17 bits per heavy atom. The first-order valence-corrected chi connectivity index (χ1v) is 8.66. The van der Waals surface area contributed by atoms with E-state index in [0.717, 1.165) is 13.1 Å². The van der Waals surface area contributed by atoms with Gasteiger partial charge >= 0.3 is 5.97 Å². The number of amides is 1. The summed E-state index contributed by atoms with van der Waals surface area (Å²) in [4.78, 5) is 26.2. The van der Waals surface area contributed by atoms with Gasteiger partial charge in [0, 0.05) is 18.8 Å². The smallest absolute Gasteiger partial charge is 0.338 e. The Morgan fingerprint density at radius 3 is 2.29 bits per heavy atom. The Labute approximate surface area is 144 Å². The van der Waals surface area contributed by atoms with Crippen LogP contribution in [0.2, 0.25) is 0 Å². The zero-order valence-corrected chi connectivity index (χ0v) is 15.0. The average molecular weight is 332 g/mol. The van der Waals surface area contributed by atoms with Crippen molar-refractivity contribution in [2.75, 3.05) is 25.0 Å². The molecule has 5 heteroatoms. The van der Waals surface area contributed by atoms with E-state index >= 15 is 0 Å². The van der Waals surface area contributed by atoms with Crippen molar-refractivity contribution in [3.05, 3.63) is 29.8 Å². The van der Waals surface area contributed by atoms with Gasteiger partial charge in [0.15, 0.2) is 0 Å². The quantitative estimate of drug-likeness (QED) is 0.842. The van der Waals surface area contributed by atoms with Crippen LogP contribution in [-0.4, -0.2) is 42.5 Å². The van der Waals surface area contributed by atoms with Crippen LogP contribution in [0.15, 0.2) is 24.3 Å². The van der Waals surface area contributed by atoms with Crippen molar-refractivity contribution in [2.24, 2.45) is 11.8 Å². The van der Waals surface area contributed by atoms with Crippen molar-refractivity contribution in [3.63, 3.8) is 0 Å². The Morgan fingerprint density at radius 2 is 1.75 bits per heavy atom. The molecule has 0 spiro atoms. The topological polar surface area (TPSA) is 58.6 Å². The van der Waals surface area contributed by atoms with Crippen LogP contribution in [0, 0.1) is 11.8 Å². The van der Waals surface area contributed by atoms with Crippen molar-refractivity contribution in [2.45, 2.75) is 40.2 Å². The first-order chi connectivity index (χ1) is 11.3. The van der Waals surface area contributed by atoms with Gasteiger partial charge in [-0.25, -0.2) is 4.79 Å². The number of anilines is 1. The summed E-state index contributed by atoms with van der Waals surface area (Å²) in [5.41, 5.74) is 1.18. The van der Waals surface area contributed by atoms with Crippen LogP contribution in [0.4, 0.5) is 5.69 Å². The van der Waals surface area contributed by atoms with E-state index in [9.17, 15) is 9.59 Å². The summed E-state index contributed by atoms with van der Waals surface area (Å²) in [5.74, 6) is 0.897. The second-order valence-electron chi connectivity index (χ2n) is 7.22. The Hall–Kier alpha value is -1.88. The minimum absolute atomic E-state index is 0.0196. The van der Waals surface area contributed by atoms with Gasteiger partial charge in [-0.05, 0) is 56.4 Å². The molecule has 1 heterocycles. The normalized spacial score (nSPS) is 21.5. The summed E-state index contributed by atoms with van der Waals surface area (Å²) in [6, 6.07) is 6.81. The minimum Gasteiger partial charge on any atom is -0.459 e. The number of piperidine rings is 1. The van der Waals surface area contributed by atoms with Gasteiger partial charge in [-0.15, -0.1) is 0 Å². The number of esters is 1. The molecule has 0 unspecified atom stereocenters. The summed E-state index contributed by atoms with van der Waals surface area (Å²) < 4.78 is 5.14. The van der Waals surface area contributed by atoms with Crippen LogP contribution in [0.1, 0.15) is 44.5 Å². The van der Waals surface area contributed by atoms with Crippen LogP contribution in [0.3, 0.4) is 0 Å². The molecule has 1 fully saturated rings. The molecule has 0 saturated carbocycles. The van der Waals surface area contributed by atoms with Gasteiger partial charge in [0.25, 0.3) is 0 Å². The van der Waals surface area contributed by atoms with Gasteiger partial charge < -0.3 is 10.1 Å². The summed E-state index contributed by atoms with van der Waals surface area (Å²) in [7, 11) is 0. The molecule has 0 aromatic heterocycles. The number of hydrogen-bond donors (Lipinski definition) is 1. The molecule has 1 aromatic carbocycles. The number of hydrogen-bond acceptors (Lipinski definition) is 4. The minimum atomic E-state index is -0.348. The number of likely N-dealkylation sites (tertiary alicyclic amines) is 1. The number of nitrogens with zero attached hydrogens (tertiary/aromatic N) is 1. The summed E-state index contributed by atoms with van der Waals surface area (Å²) in [6.45, 7) is 10.4. The highest BCUT2D eigenvalue weighted by molar-refractivity contribution is 5.94. The van der Waals surface area contributed by atoms with Crippen molar-refractivity contribution < 1.29 is 14.3 Å². The average Bonchev–Trinajstić information content (AvgIpc) is 2.45. The maximum atomic E-state index is 12.2. The molecular formula is C19H28N2O3. The lowest BCUT2D eigenvalue weighted by atomic mass is 9.92. The van der Waals surface area contributed by atoms with Gasteiger partial charge in [0.05, 0.1) is 18.2 Å². The van der Waals surface area contributed by atoms with Gasteiger partial charge in [-0.1, -0.05) is 13.8 Å². The number of carbonyl (C=O) groups excluding carboxylic acids is 2. The molecule has 24 heavy (non-hydrogen) atoms. The molecule has 1 saturated heterocycles. The van der Waals surface area contributed by atoms with E-state index < -0.39 is 0 Å². The fourth-order valence-corrected chi connectivity index (χ4v) is 3.30. The molecule has 1 N–H and O–H groups in total. The molecule has 1 aromatic rings. The maximum Gasteiger partial charge on any atom is 0.338 e. The van der Waals surface area contributed by atoms with Crippen LogP contribution < -0.4 is 5.32 Å². The predicted octanol–water partition coefficient (Wildman–Crippen LogP) is 3.17.